The van der Waals surface area contributed by atoms with Gasteiger partial charge in [0.05, 0.1) is 0 Å². The normalized spacial score (nSPS) is 16.4. The van der Waals surface area contributed by atoms with E-state index >= 15 is 0 Å². The third-order valence-corrected chi connectivity index (χ3v) is 25.5. The molecule has 2 aliphatic rings. The molecule has 0 saturated heterocycles. The van der Waals surface area contributed by atoms with Gasteiger partial charge in [-0.25, -0.2) is 0 Å². The van der Waals surface area contributed by atoms with Gasteiger partial charge in [-0.3, -0.25) is 0 Å². The maximum absolute atomic E-state index is 5.64. The summed E-state index contributed by atoms with van der Waals surface area (Å²) in [6.45, 7) is 18.9. The van der Waals surface area contributed by atoms with Crippen LogP contribution in [0.4, 0.5) is 0 Å². The van der Waals surface area contributed by atoms with Crippen molar-refractivity contribution in [3.63, 3.8) is 0 Å². The van der Waals surface area contributed by atoms with Crippen LogP contribution in [0.25, 0.3) is 16.7 Å². The van der Waals surface area contributed by atoms with E-state index in [0.29, 0.717) is 5.92 Å². The Hall–Kier alpha value is -2.31. The van der Waals surface area contributed by atoms with Crippen LogP contribution in [0.5, 0.6) is 0 Å². The topological polar surface area (TPSA) is 0 Å². The number of benzene rings is 4. The summed E-state index contributed by atoms with van der Waals surface area (Å²) in [5.41, 5.74) is 12.9. The summed E-state index contributed by atoms with van der Waals surface area (Å²) in [5.74, 6) is 0.323. The van der Waals surface area contributed by atoms with Gasteiger partial charge in [0.2, 0.25) is 0 Å². The van der Waals surface area contributed by atoms with Crippen LogP contribution in [0.15, 0.2) is 106 Å². The van der Waals surface area contributed by atoms with Crippen molar-refractivity contribution in [3.05, 3.63) is 134 Å². The fourth-order valence-corrected chi connectivity index (χ4v) is 24.8. The van der Waals surface area contributed by atoms with Gasteiger partial charge in [0.1, 0.15) is 0 Å². The zero-order chi connectivity index (χ0) is 31.0. The van der Waals surface area contributed by atoms with Crippen LogP contribution in [-0.2, 0) is 35.5 Å². The molecule has 0 fully saturated rings. The molecule has 4 aromatic rings. The number of hydrogen-bond acceptors (Lipinski definition) is 0. The molecule has 0 nitrogen and oxygen atoms in total. The minimum atomic E-state index is -4.53. The molecule has 0 radical (unpaired) electrons. The Morgan fingerprint density at radius 2 is 1.31 bits per heavy atom. The molecule has 0 amide bonds. The van der Waals surface area contributed by atoms with E-state index in [9.17, 15) is 0 Å². The molecule has 45 heavy (non-hydrogen) atoms. The standard InChI is InChI=1S/C21H25.C13H13.C6H5.CH3.CH2.2ClH.Zr/c1-20(2,3)16-7-9-18-14(12-16)11-15-13-17(21(4,5)6)8-10-19(15)18;1-10-8-11(2)13(9-10)12-6-4-3-5-7-12;1-2-4-6-5-3-1;;;;;/h7-10,12H,11H2,1-6H3;3-7,9-10H,1-2H3;1-5H;1H3;1H2;2*1H;. The van der Waals surface area contributed by atoms with Gasteiger partial charge in [-0.2, -0.15) is 0 Å². The van der Waals surface area contributed by atoms with E-state index in [0.717, 1.165) is 6.42 Å². The summed E-state index contributed by atoms with van der Waals surface area (Å²) in [6.07, 6.45) is 3.50. The van der Waals surface area contributed by atoms with Crippen molar-refractivity contribution in [2.75, 3.05) is 0 Å². The van der Waals surface area contributed by atoms with Crippen LogP contribution >= 0.6 is 24.8 Å². The predicted octanol–water partition coefficient (Wildman–Crippen LogP) is 10.8. The third-order valence-electron chi connectivity index (χ3n) is 10.5. The van der Waals surface area contributed by atoms with Crippen molar-refractivity contribution < 1.29 is 18.3 Å². The molecule has 0 bridgehead atoms. The van der Waals surface area contributed by atoms with Gasteiger partial charge in [0, 0.05) is 0 Å². The Kier molecular flexibility index (Phi) is 9.52. The van der Waals surface area contributed by atoms with Crippen LogP contribution in [0, 0.1) is 5.92 Å². The summed E-state index contributed by atoms with van der Waals surface area (Å²) < 4.78 is 12.9. The average molecular weight is 717 g/mol. The number of halogens is 2. The molecule has 1 unspecified atom stereocenters. The summed E-state index contributed by atoms with van der Waals surface area (Å²) in [7, 11) is 0. The Morgan fingerprint density at radius 1 is 0.733 bits per heavy atom. The summed E-state index contributed by atoms with van der Waals surface area (Å²) in [5, 5.41) is 0. The van der Waals surface area contributed by atoms with E-state index in [1.54, 1.807) is 6.55 Å². The van der Waals surface area contributed by atoms with Gasteiger partial charge in [0.25, 0.3) is 0 Å². The number of allylic oxidation sites excluding steroid dienone is 4. The molecule has 0 heterocycles. The molecule has 2 aliphatic carbocycles. The maximum atomic E-state index is 5.64. The molecule has 0 aromatic heterocycles. The number of fused-ring (bicyclic) bond motifs is 3. The van der Waals surface area contributed by atoms with Crippen molar-refractivity contribution in [2.24, 2.45) is 5.92 Å². The summed E-state index contributed by atoms with van der Waals surface area (Å²) in [4.78, 5) is 0. The van der Waals surface area contributed by atoms with Crippen LogP contribution in [0.3, 0.4) is 0 Å². The molecular weight excluding hydrogens is 667 g/mol. The molecule has 0 saturated carbocycles. The monoisotopic (exact) mass is 714 g/mol. The second-order valence-electron chi connectivity index (χ2n) is 15.7. The molecule has 1 atom stereocenters. The number of rotatable bonds is 4. The Labute approximate surface area is 285 Å². The molecular formula is C42H50Cl2Zr. The van der Waals surface area contributed by atoms with E-state index in [2.05, 4.69) is 157 Å². The van der Waals surface area contributed by atoms with E-state index in [4.69, 9.17) is 4.21 Å². The SMILES string of the molecule is Cl.Cl.[CH2]=[Zr]([CH3])([C]1=C(C)C(c2ccccc2)=CC1C)([c]1ccccc1)[c]1c(C(C)(C)C)ccc2c1Cc1cc(C(C)(C)C)ccc1-2. The molecule has 6 rings (SSSR count). The summed E-state index contributed by atoms with van der Waals surface area (Å²) in [6, 6.07) is 34.5. The third kappa shape index (κ3) is 5.66. The van der Waals surface area contributed by atoms with Crippen LogP contribution in [0.1, 0.15) is 83.2 Å². The van der Waals surface area contributed by atoms with Gasteiger partial charge in [0.15, 0.2) is 0 Å². The van der Waals surface area contributed by atoms with Gasteiger partial charge < -0.3 is 0 Å². The van der Waals surface area contributed by atoms with Crippen LogP contribution in [0.2, 0.25) is 4.63 Å². The van der Waals surface area contributed by atoms with Gasteiger partial charge in [-0.15, -0.1) is 24.8 Å². The number of hydrogen-bond donors (Lipinski definition) is 0. The van der Waals surface area contributed by atoms with E-state index in [-0.39, 0.29) is 35.6 Å². The quantitative estimate of drug-likeness (QED) is 0.174. The molecule has 4 aromatic carbocycles. The molecule has 0 N–H and O–H groups in total. The fourth-order valence-electron chi connectivity index (χ4n) is 8.46. The second-order valence-corrected chi connectivity index (χ2v) is 29.6. The van der Waals surface area contributed by atoms with Crippen molar-refractivity contribution >= 4 is 41.1 Å². The van der Waals surface area contributed by atoms with Crippen LogP contribution in [-0.4, -0.2) is 4.21 Å². The molecule has 0 aliphatic heterocycles. The van der Waals surface area contributed by atoms with Crippen molar-refractivity contribution in [1.29, 1.82) is 0 Å². The zero-order valence-corrected chi connectivity index (χ0v) is 32.6. The van der Waals surface area contributed by atoms with E-state index in [1.807, 2.05) is 0 Å². The minimum absolute atomic E-state index is 0. The Balaban J connectivity index is 0.00000230. The van der Waals surface area contributed by atoms with E-state index < -0.39 is 18.3 Å². The van der Waals surface area contributed by atoms with E-state index in [1.165, 1.54) is 53.4 Å². The zero-order valence-electron chi connectivity index (χ0n) is 28.5. The molecule has 0 spiro atoms. The second kappa shape index (κ2) is 12.1. The Morgan fingerprint density at radius 3 is 1.89 bits per heavy atom. The van der Waals surface area contributed by atoms with Gasteiger partial charge in [-0.1, -0.05) is 0 Å². The van der Waals surface area contributed by atoms with Gasteiger partial charge in [-0.05, 0) is 0 Å². The fraction of sp³-hybridized carbons (Fsp3) is 0.310. The van der Waals surface area contributed by atoms with Crippen LogP contribution < -0.4 is 6.54 Å². The molecule has 236 valence electrons. The predicted molar refractivity (Wildman–Crippen MR) is 202 cm³/mol. The van der Waals surface area contributed by atoms with Crippen molar-refractivity contribution in [1.82, 2.24) is 0 Å². The molecule has 3 heteroatoms. The van der Waals surface area contributed by atoms with Crippen molar-refractivity contribution in [2.45, 2.75) is 77.3 Å². The Bertz CT molecular complexity index is 1880. The first-order valence-corrected chi connectivity index (χ1v) is 23.9. The van der Waals surface area contributed by atoms with Crippen molar-refractivity contribution in [3.8, 4) is 11.1 Å². The van der Waals surface area contributed by atoms with Gasteiger partial charge >= 0.3 is 263 Å². The first kappa shape index (κ1) is 35.5. The first-order valence-electron chi connectivity index (χ1n) is 16.0. The summed E-state index contributed by atoms with van der Waals surface area (Å²) >= 11 is -4.53. The average Bonchev–Trinajstić information content (AvgIpc) is 3.48. The first-order chi connectivity index (χ1) is 20.1.